The van der Waals surface area contributed by atoms with Crippen LogP contribution < -0.4 is 10.2 Å². The van der Waals surface area contributed by atoms with E-state index in [2.05, 4.69) is 44.6 Å². The van der Waals surface area contributed by atoms with Crippen molar-refractivity contribution in [3.8, 4) is 0 Å². The lowest BCUT2D eigenvalue weighted by molar-refractivity contribution is -0.0370. The van der Waals surface area contributed by atoms with Crippen molar-refractivity contribution in [2.24, 2.45) is 5.41 Å². The first-order valence-electron chi connectivity index (χ1n) is 13.5. The monoisotopic (exact) mass is 504 g/mol. The summed E-state index contributed by atoms with van der Waals surface area (Å²) in [6.07, 6.45) is 9.20. The molecule has 3 aliphatic rings. The van der Waals surface area contributed by atoms with Gasteiger partial charge in [-0.1, -0.05) is 24.3 Å². The predicted molar refractivity (Wildman–Crippen MR) is 140 cm³/mol. The van der Waals surface area contributed by atoms with E-state index in [0.717, 1.165) is 75.2 Å². The molecule has 1 spiro atoms. The molecule has 2 aromatic heterocycles. The molecule has 1 aromatic carbocycles. The Labute approximate surface area is 217 Å². The second-order valence-corrected chi connectivity index (χ2v) is 11.7. The molecule has 6 rings (SSSR count). The lowest BCUT2D eigenvalue weighted by Gasteiger charge is -2.43. The Kier molecular flexibility index (Phi) is 6.06. The van der Waals surface area contributed by atoms with Gasteiger partial charge in [0.05, 0.1) is 18.4 Å². The number of piperidine rings is 1. The van der Waals surface area contributed by atoms with Crippen molar-refractivity contribution in [3.05, 3.63) is 47.8 Å². The van der Waals surface area contributed by atoms with Crippen LogP contribution in [-0.2, 0) is 15.9 Å². The highest BCUT2D eigenvalue weighted by Gasteiger charge is 2.48. The Hall–Kier alpha value is -3.20. The second-order valence-electron chi connectivity index (χ2n) is 11.7. The molecule has 3 aromatic rings. The van der Waals surface area contributed by atoms with E-state index in [4.69, 9.17) is 14.5 Å². The minimum Gasteiger partial charge on any atom is -0.444 e. The largest absolute Gasteiger partial charge is 0.444 e. The van der Waals surface area contributed by atoms with E-state index < -0.39 is 5.60 Å². The number of alkyl carbamates (subject to hydrolysis) is 1. The van der Waals surface area contributed by atoms with Crippen LogP contribution >= 0.6 is 0 Å². The number of carbonyl (C=O) groups is 1. The summed E-state index contributed by atoms with van der Waals surface area (Å²) in [7, 11) is 0. The topological polar surface area (TPSA) is 94.4 Å². The molecule has 0 saturated carbocycles. The van der Waals surface area contributed by atoms with Crippen LogP contribution in [0.2, 0.25) is 0 Å². The summed E-state index contributed by atoms with van der Waals surface area (Å²) in [5, 5.41) is 7.78. The van der Waals surface area contributed by atoms with Crippen LogP contribution in [0.25, 0.3) is 11.2 Å². The number of carbonyl (C=O) groups excluding carboxylic acids is 1. The molecule has 2 fully saturated rings. The fourth-order valence-corrected chi connectivity index (χ4v) is 6.18. The molecule has 196 valence electrons. The number of nitrogens with one attached hydrogen (secondary N) is 1. The Morgan fingerprint density at radius 1 is 1.16 bits per heavy atom. The highest BCUT2D eigenvalue weighted by atomic mass is 16.6. The summed E-state index contributed by atoms with van der Waals surface area (Å²) in [6.45, 7) is 8.13. The molecule has 2 aliphatic heterocycles. The zero-order chi connectivity index (χ0) is 25.6. The normalized spacial score (nSPS) is 23.3. The Morgan fingerprint density at radius 2 is 1.97 bits per heavy atom. The van der Waals surface area contributed by atoms with Crippen LogP contribution in [0.1, 0.15) is 76.3 Å². The van der Waals surface area contributed by atoms with Gasteiger partial charge in [0.25, 0.3) is 0 Å². The molecule has 1 N–H and O–H groups in total. The summed E-state index contributed by atoms with van der Waals surface area (Å²) in [4.78, 5) is 24.8. The average Bonchev–Trinajstić information content (AvgIpc) is 3.43. The molecule has 37 heavy (non-hydrogen) atoms. The molecule has 9 heteroatoms. The zero-order valence-electron chi connectivity index (χ0n) is 21.9. The minimum atomic E-state index is -0.536. The number of amides is 1. The molecule has 2 unspecified atom stereocenters. The molecule has 9 nitrogen and oxygen atoms in total. The predicted octanol–water partition coefficient (Wildman–Crippen LogP) is 4.93. The standard InChI is InChI=1S/C28H36N6O3/c1-27(2,3)37-26(35)32-24-20-9-5-4-8-19(20)16-28(24)11-13-33(14-12-28)22-18-29-21-17-30-34(25(21)31-22)23-10-6-7-15-36-23/h4-5,8-9,17-18,23-24H,6-7,10-16H2,1-3H3,(H,32,35). The summed E-state index contributed by atoms with van der Waals surface area (Å²) >= 11 is 0. The highest BCUT2D eigenvalue weighted by molar-refractivity contribution is 5.71. The van der Waals surface area contributed by atoms with Gasteiger partial charge < -0.3 is 19.7 Å². The molecular weight excluding hydrogens is 468 g/mol. The molecule has 1 amide bonds. The van der Waals surface area contributed by atoms with Gasteiger partial charge in [-0.25, -0.2) is 19.4 Å². The maximum absolute atomic E-state index is 12.8. The number of benzene rings is 1. The maximum Gasteiger partial charge on any atom is 0.408 e. The van der Waals surface area contributed by atoms with Crippen molar-refractivity contribution in [1.29, 1.82) is 0 Å². The van der Waals surface area contributed by atoms with E-state index in [1.807, 2.05) is 31.6 Å². The number of fused-ring (bicyclic) bond motifs is 2. The third kappa shape index (κ3) is 4.65. The van der Waals surface area contributed by atoms with Gasteiger partial charge in [0.1, 0.15) is 16.9 Å². The fourth-order valence-electron chi connectivity index (χ4n) is 6.18. The number of rotatable bonds is 3. The third-order valence-electron chi connectivity index (χ3n) is 7.98. The van der Waals surface area contributed by atoms with E-state index in [-0.39, 0.29) is 23.8 Å². The van der Waals surface area contributed by atoms with Gasteiger partial charge in [-0.15, -0.1) is 0 Å². The van der Waals surface area contributed by atoms with Gasteiger partial charge in [-0.3, -0.25) is 0 Å². The van der Waals surface area contributed by atoms with E-state index in [1.54, 1.807) is 6.20 Å². The van der Waals surface area contributed by atoms with Gasteiger partial charge in [0, 0.05) is 25.1 Å². The average molecular weight is 505 g/mol. The van der Waals surface area contributed by atoms with Gasteiger partial charge in [-0.05, 0) is 70.4 Å². The lowest BCUT2D eigenvalue weighted by Crippen LogP contribution is -2.48. The number of nitrogens with zero attached hydrogens (tertiary/aromatic N) is 5. The number of anilines is 1. The van der Waals surface area contributed by atoms with Crippen LogP contribution in [0.4, 0.5) is 10.6 Å². The number of aromatic nitrogens is 4. The first-order chi connectivity index (χ1) is 17.8. The van der Waals surface area contributed by atoms with Crippen LogP contribution in [0.3, 0.4) is 0 Å². The molecule has 0 bridgehead atoms. The van der Waals surface area contributed by atoms with Crippen molar-refractivity contribution in [2.75, 3.05) is 24.6 Å². The van der Waals surface area contributed by atoms with Crippen molar-refractivity contribution >= 4 is 23.1 Å². The Morgan fingerprint density at radius 3 is 2.73 bits per heavy atom. The first-order valence-corrected chi connectivity index (χ1v) is 13.5. The van der Waals surface area contributed by atoms with Gasteiger partial charge in [0.15, 0.2) is 11.9 Å². The number of hydrogen-bond acceptors (Lipinski definition) is 7. The Bertz CT molecular complexity index is 1280. The fraction of sp³-hybridized carbons (Fsp3) is 0.571. The highest BCUT2D eigenvalue weighted by Crippen LogP contribution is 2.52. The molecule has 1 aliphatic carbocycles. The van der Waals surface area contributed by atoms with E-state index in [9.17, 15) is 4.79 Å². The molecule has 2 atom stereocenters. The van der Waals surface area contributed by atoms with E-state index in [1.165, 1.54) is 11.1 Å². The third-order valence-corrected chi connectivity index (χ3v) is 7.98. The number of ether oxygens (including phenoxy) is 2. The van der Waals surface area contributed by atoms with E-state index in [0.29, 0.717) is 0 Å². The number of hydrogen-bond donors (Lipinski definition) is 1. The van der Waals surface area contributed by atoms with Crippen molar-refractivity contribution < 1.29 is 14.3 Å². The van der Waals surface area contributed by atoms with Crippen LogP contribution in [0.5, 0.6) is 0 Å². The van der Waals surface area contributed by atoms with Crippen LogP contribution in [0, 0.1) is 5.41 Å². The van der Waals surface area contributed by atoms with Crippen LogP contribution in [0.15, 0.2) is 36.7 Å². The smallest absolute Gasteiger partial charge is 0.408 e. The van der Waals surface area contributed by atoms with Gasteiger partial charge in [0.2, 0.25) is 0 Å². The van der Waals surface area contributed by atoms with Crippen molar-refractivity contribution in [1.82, 2.24) is 25.1 Å². The minimum absolute atomic E-state index is 0.0493. The summed E-state index contributed by atoms with van der Waals surface area (Å²) in [5.41, 5.74) is 3.51. The van der Waals surface area contributed by atoms with Crippen molar-refractivity contribution in [2.45, 2.75) is 77.2 Å². The van der Waals surface area contributed by atoms with Crippen molar-refractivity contribution in [3.63, 3.8) is 0 Å². The SMILES string of the molecule is CC(C)(C)OC(=O)NC1c2ccccc2CC12CCN(c1cnc3cnn(C4CCCCO4)c3n1)CC2. The second kappa shape index (κ2) is 9.28. The van der Waals surface area contributed by atoms with E-state index >= 15 is 0 Å². The molecular formula is C28H36N6O3. The van der Waals surface area contributed by atoms with Gasteiger partial charge in [-0.2, -0.15) is 5.10 Å². The quantitative estimate of drug-likeness (QED) is 0.540. The Balaban J connectivity index is 1.22. The summed E-state index contributed by atoms with van der Waals surface area (Å²) < 4.78 is 13.5. The van der Waals surface area contributed by atoms with Gasteiger partial charge >= 0.3 is 6.09 Å². The maximum atomic E-state index is 12.8. The molecule has 4 heterocycles. The summed E-state index contributed by atoms with van der Waals surface area (Å²) in [6, 6.07) is 8.40. The van der Waals surface area contributed by atoms with Crippen LogP contribution in [-0.4, -0.2) is 51.1 Å². The molecule has 0 radical (unpaired) electrons. The zero-order valence-corrected chi connectivity index (χ0v) is 21.9. The first kappa shape index (κ1) is 24.2. The lowest BCUT2D eigenvalue weighted by atomic mass is 9.72. The molecule has 2 saturated heterocycles. The summed E-state index contributed by atoms with van der Waals surface area (Å²) in [5.74, 6) is 0.868.